The summed E-state index contributed by atoms with van der Waals surface area (Å²) in [6, 6.07) is 13.1. The van der Waals surface area contributed by atoms with Crippen molar-refractivity contribution in [3.8, 4) is 0 Å². The highest BCUT2D eigenvalue weighted by Gasteiger charge is 2.12. The Morgan fingerprint density at radius 2 is 2.00 bits per heavy atom. The molecular formula is C17H18ClN3O3S. The third-order valence-corrected chi connectivity index (χ3v) is 4.66. The van der Waals surface area contributed by atoms with Crippen molar-refractivity contribution in [2.24, 2.45) is 0 Å². The summed E-state index contributed by atoms with van der Waals surface area (Å²) in [6.45, 7) is 2.28. The number of hydrogen-bond donors (Lipinski definition) is 2. The number of nitrogens with one attached hydrogen (secondary N) is 2. The average molecular weight is 380 g/mol. The van der Waals surface area contributed by atoms with Crippen molar-refractivity contribution < 1.29 is 9.72 Å². The second-order valence-corrected chi connectivity index (χ2v) is 6.88. The van der Waals surface area contributed by atoms with Crippen molar-refractivity contribution in [2.75, 3.05) is 12.3 Å². The molecule has 6 nitrogen and oxygen atoms in total. The number of benzene rings is 2. The maximum Gasteiger partial charge on any atom is 0.315 e. The molecule has 2 N–H and O–H groups in total. The van der Waals surface area contributed by atoms with Crippen LogP contribution in [0.1, 0.15) is 18.5 Å². The van der Waals surface area contributed by atoms with Gasteiger partial charge in [-0.3, -0.25) is 10.1 Å². The fraction of sp³-hybridized carbons (Fsp3) is 0.235. The summed E-state index contributed by atoms with van der Waals surface area (Å²) in [5.74, 6) is 0.722. The first-order valence-corrected chi connectivity index (χ1v) is 8.99. The molecule has 2 rings (SSSR count). The number of non-ortho nitro benzene ring substituents is 1. The summed E-state index contributed by atoms with van der Waals surface area (Å²) in [5, 5.41) is 17.0. The van der Waals surface area contributed by atoms with Crippen LogP contribution in [0.2, 0.25) is 5.02 Å². The second-order valence-electron chi connectivity index (χ2n) is 5.28. The van der Waals surface area contributed by atoms with E-state index >= 15 is 0 Å². The fourth-order valence-corrected chi connectivity index (χ4v) is 3.00. The molecule has 0 fully saturated rings. The number of nitro groups is 1. The number of rotatable bonds is 7. The minimum Gasteiger partial charge on any atom is -0.337 e. The minimum absolute atomic E-state index is 0.00548. The van der Waals surface area contributed by atoms with E-state index in [0.29, 0.717) is 17.1 Å². The molecule has 0 heterocycles. The molecule has 0 radical (unpaired) electrons. The van der Waals surface area contributed by atoms with Gasteiger partial charge in [-0.15, -0.1) is 11.8 Å². The predicted molar refractivity (Wildman–Crippen MR) is 100 cm³/mol. The molecule has 2 aromatic carbocycles. The number of carbonyl (C=O) groups is 1. The van der Waals surface area contributed by atoms with Gasteiger partial charge in [-0.1, -0.05) is 23.7 Å². The number of nitro benzene ring substituents is 1. The first kappa shape index (κ1) is 19.1. The van der Waals surface area contributed by atoms with E-state index in [1.54, 1.807) is 30.8 Å². The van der Waals surface area contributed by atoms with Gasteiger partial charge in [0.15, 0.2) is 0 Å². The first-order chi connectivity index (χ1) is 12.0. The van der Waals surface area contributed by atoms with Gasteiger partial charge >= 0.3 is 6.03 Å². The monoisotopic (exact) mass is 379 g/mol. The van der Waals surface area contributed by atoms with E-state index in [1.807, 2.05) is 24.3 Å². The Morgan fingerprint density at radius 1 is 1.28 bits per heavy atom. The summed E-state index contributed by atoms with van der Waals surface area (Å²) in [6.07, 6.45) is 0. The molecule has 1 unspecified atom stereocenters. The van der Waals surface area contributed by atoms with Crippen molar-refractivity contribution in [1.82, 2.24) is 10.6 Å². The Morgan fingerprint density at radius 3 is 2.68 bits per heavy atom. The Bertz CT molecular complexity index is 740. The lowest BCUT2D eigenvalue weighted by atomic mass is 10.1. The second kappa shape index (κ2) is 9.29. The highest BCUT2D eigenvalue weighted by atomic mass is 35.5. The molecule has 132 valence electrons. The Balaban J connectivity index is 1.75. The summed E-state index contributed by atoms with van der Waals surface area (Å²) in [7, 11) is 0. The minimum atomic E-state index is -0.454. The third-order valence-electron chi connectivity index (χ3n) is 3.40. The van der Waals surface area contributed by atoms with E-state index in [2.05, 4.69) is 10.6 Å². The number of urea groups is 1. The Kier molecular flexibility index (Phi) is 7.09. The van der Waals surface area contributed by atoms with Crippen LogP contribution < -0.4 is 10.6 Å². The van der Waals surface area contributed by atoms with Crippen molar-refractivity contribution in [2.45, 2.75) is 17.9 Å². The van der Waals surface area contributed by atoms with Crippen LogP contribution in [0.25, 0.3) is 0 Å². The molecule has 0 spiro atoms. The van der Waals surface area contributed by atoms with Crippen molar-refractivity contribution in [3.05, 3.63) is 69.2 Å². The van der Waals surface area contributed by atoms with Crippen molar-refractivity contribution >= 4 is 35.1 Å². The Labute approximate surface area is 155 Å². The average Bonchev–Trinajstić information content (AvgIpc) is 2.60. The van der Waals surface area contributed by atoms with Gasteiger partial charge in [0.1, 0.15) is 0 Å². The first-order valence-electron chi connectivity index (χ1n) is 7.63. The summed E-state index contributed by atoms with van der Waals surface area (Å²) in [4.78, 5) is 23.3. The quantitative estimate of drug-likeness (QED) is 0.323. The topological polar surface area (TPSA) is 84.3 Å². The van der Waals surface area contributed by atoms with E-state index in [-0.39, 0.29) is 17.8 Å². The van der Waals surface area contributed by atoms with Crippen LogP contribution in [0.4, 0.5) is 10.5 Å². The van der Waals surface area contributed by atoms with Crippen molar-refractivity contribution in [1.29, 1.82) is 0 Å². The lowest BCUT2D eigenvalue weighted by Crippen LogP contribution is -2.38. The fourth-order valence-electron chi connectivity index (χ4n) is 2.10. The molecule has 0 saturated heterocycles. The van der Waals surface area contributed by atoms with Gasteiger partial charge in [-0.2, -0.15) is 0 Å². The van der Waals surface area contributed by atoms with E-state index in [9.17, 15) is 14.9 Å². The van der Waals surface area contributed by atoms with Gasteiger partial charge in [0.25, 0.3) is 5.69 Å². The number of nitrogens with zero attached hydrogens (tertiary/aromatic N) is 1. The predicted octanol–water partition coefficient (Wildman–Crippen LogP) is 4.40. The van der Waals surface area contributed by atoms with Gasteiger partial charge in [0.05, 0.1) is 11.0 Å². The third kappa shape index (κ3) is 6.28. The number of thioether (sulfide) groups is 1. The molecule has 0 bridgehead atoms. The highest BCUT2D eigenvalue weighted by Crippen LogP contribution is 2.20. The summed E-state index contributed by atoms with van der Waals surface area (Å²) < 4.78 is 0. The molecule has 0 aliphatic heterocycles. The summed E-state index contributed by atoms with van der Waals surface area (Å²) in [5.41, 5.74) is 0.686. The lowest BCUT2D eigenvalue weighted by molar-refractivity contribution is -0.384. The molecule has 0 saturated carbocycles. The van der Waals surface area contributed by atoms with E-state index in [1.165, 1.54) is 12.1 Å². The molecule has 1 atom stereocenters. The molecule has 25 heavy (non-hydrogen) atoms. The molecule has 0 aliphatic carbocycles. The van der Waals surface area contributed by atoms with Crippen LogP contribution in [0, 0.1) is 10.1 Å². The van der Waals surface area contributed by atoms with Crippen LogP contribution in [0.5, 0.6) is 0 Å². The van der Waals surface area contributed by atoms with E-state index in [4.69, 9.17) is 11.6 Å². The maximum atomic E-state index is 11.9. The molecule has 0 aliphatic rings. The van der Waals surface area contributed by atoms with Gasteiger partial charge < -0.3 is 10.6 Å². The van der Waals surface area contributed by atoms with Crippen LogP contribution in [0.15, 0.2) is 53.4 Å². The molecule has 8 heteroatoms. The lowest BCUT2D eigenvalue weighted by Gasteiger charge is -2.15. The van der Waals surface area contributed by atoms with Crippen LogP contribution in [0.3, 0.4) is 0 Å². The molecule has 0 aromatic heterocycles. The van der Waals surface area contributed by atoms with E-state index in [0.717, 1.165) is 10.6 Å². The van der Waals surface area contributed by atoms with Gasteiger partial charge in [-0.05, 0) is 36.8 Å². The molecular weight excluding hydrogens is 362 g/mol. The SMILES string of the molecule is CC(NC(=O)NCCSc1ccc(Cl)cc1)c1cccc([N+](=O)[O-])c1. The zero-order valence-electron chi connectivity index (χ0n) is 13.6. The largest absolute Gasteiger partial charge is 0.337 e. The van der Waals surface area contributed by atoms with Gasteiger partial charge in [0.2, 0.25) is 0 Å². The smallest absolute Gasteiger partial charge is 0.315 e. The van der Waals surface area contributed by atoms with Crippen molar-refractivity contribution in [3.63, 3.8) is 0 Å². The molecule has 2 amide bonds. The van der Waals surface area contributed by atoms with Crippen LogP contribution in [-0.4, -0.2) is 23.3 Å². The normalized spacial score (nSPS) is 11.6. The number of carbonyl (C=O) groups excluding carboxylic acids is 1. The maximum absolute atomic E-state index is 11.9. The zero-order valence-corrected chi connectivity index (χ0v) is 15.1. The van der Waals surface area contributed by atoms with Gasteiger partial charge in [-0.25, -0.2) is 4.79 Å². The van der Waals surface area contributed by atoms with Crippen LogP contribution in [-0.2, 0) is 0 Å². The number of halogens is 1. The van der Waals surface area contributed by atoms with Gasteiger partial charge in [0, 0.05) is 34.3 Å². The Hall–Kier alpha value is -2.25. The summed E-state index contributed by atoms with van der Waals surface area (Å²) >= 11 is 7.44. The van der Waals surface area contributed by atoms with Crippen LogP contribution >= 0.6 is 23.4 Å². The van der Waals surface area contributed by atoms with E-state index < -0.39 is 4.92 Å². The number of hydrogen-bond acceptors (Lipinski definition) is 4. The molecule has 2 aromatic rings. The number of amides is 2. The highest BCUT2D eigenvalue weighted by molar-refractivity contribution is 7.99. The standard InChI is InChI=1S/C17H18ClN3O3S/c1-12(13-3-2-4-15(11-13)21(23)24)20-17(22)19-9-10-25-16-7-5-14(18)6-8-16/h2-8,11-12H,9-10H2,1H3,(H2,19,20,22). The zero-order chi connectivity index (χ0) is 18.2.